The summed E-state index contributed by atoms with van der Waals surface area (Å²) in [7, 11) is 0. The molecular weight excluding hydrogens is 210 g/mol. The van der Waals surface area contributed by atoms with Crippen LogP contribution in [0.25, 0.3) is 0 Å². The molecule has 15 heavy (non-hydrogen) atoms. The average molecular weight is 225 g/mol. The first-order chi connectivity index (χ1) is 7.22. The third-order valence-corrected chi connectivity index (χ3v) is 2.81. The first kappa shape index (κ1) is 12.1. The Morgan fingerprint density at radius 1 is 1.47 bits per heavy atom. The number of aliphatic hydroxyl groups excluding tert-OH is 1. The second-order valence-electron chi connectivity index (χ2n) is 3.25. The Kier molecular flexibility index (Phi) is 5.21. The summed E-state index contributed by atoms with van der Waals surface area (Å²) in [6.07, 6.45) is 0. The first-order valence-electron chi connectivity index (χ1n) is 4.80. The summed E-state index contributed by atoms with van der Waals surface area (Å²) in [5.41, 5.74) is 0. The topological polar surface area (TPSA) is 49.3 Å². The van der Waals surface area contributed by atoms with E-state index in [2.05, 4.69) is 5.32 Å². The van der Waals surface area contributed by atoms with Gasteiger partial charge in [-0.1, -0.05) is 18.2 Å². The van der Waals surface area contributed by atoms with Crippen LogP contribution in [0, 0.1) is 0 Å². The van der Waals surface area contributed by atoms with Gasteiger partial charge in [-0.25, -0.2) is 0 Å². The molecule has 0 saturated carbocycles. The van der Waals surface area contributed by atoms with Crippen molar-refractivity contribution in [1.29, 1.82) is 0 Å². The molecule has 0 aliphatic rings. The fraction of sp³-hybridized carbons (Fsp3) is 0.364. The van der Waals surface area contributed by atoms with Crippen molar-refractivity contribution in [3.05, 3.63) is 30.3 Å². The maximum atomic E-state index is 11.3. The number of nitrogens with one attached hydrogen (secondary N) is 1. The maximum absolute atomic E-state index is 11.3. The van der Waals surface area contributed by atoms with Crippen molar-refractivity contribution in [3.8, 4) is 0 Å². The van der Waals surface area contributed by atoms with E-state index >= 15 is 0 Å². The van der Waals surface area contributed by atoms with Crippen molar-refractivity contribution < 1.29 is 9.90 Å². The van der Waals surface area contributed by atoms with Crippen LogP contribution in [0.5, 0.6) is 0 Å². The highest BCUT2D eigenvalue weighted by molar-refractivity contribution is 8.00. The van der Waals surface area contributed by atoms with Crippen molar-refractivity contribution in [1.82, 2.24) is 5.32 Å². The summed E-state index contributed by atoms with van der Waals surface area (Å²) in [5.74, 6) is 0.333. The second-order valence-corrected chi connectivity index (χ2v) is 4.30. The molecule has 4 heteroatoms. The monoisotopic (exact) mass is 225 g/mol. The average Bonchev–Trinajstić information content (AvgIpc) is 2.27. The van der Waals surface area contributed by atoms with Gasteiger partial charge in [-0.05, 0) is 19.1 Å². The summed E-state index contributed by atoms with van der Waals surface area (Å²) >= 11 is 1.49. The summed E-state index contributed by atoms with van der Waals surface area (Å²) < 4.78 is 0. The molecule has 1 aromatic rings. The quantitative estimate of drug-likeness (QED) is 0.742. The van der Waals surface area contributed by atoms with Gasteiger partial charge in [0.25, 0.3) is 0 Å². The minimum Gasteiger partial charge on any atom is -0.394 e. The lowest BCUT2D eigenvalue weighted by atomic mass is 10.4. The Labute approximate surface area is 93.9 Å². The SMILES string of the molecule is C[C@@H](CO)NC(=O)CSc1ccccc1. The number of carbonyl (C=O) groups excluding carboxylic acids is 1. The van der Waals surface area contributed by atoms with Crippen LogP contribution in [0.2, 0.25) is 0 Å². The molecule has 0 spiro atoms. The van der Waals surface area contributed by atoms with Crippen LogP contribution in [0.4, 0.5) is 0 Å². The van der Waals surface area contributed by atoms with Gasteiger partial charge in [0.2, 0.25) is 5.91 Å². The van der Waals surface area contributed by atoms with Gasteiger partial charge < -0.3 is 10.4 Å². The van der Waals surface area contributed by atoms with Crippen LogP contribution in [0.15, 0.2) is 35.2 Å². The summed E-state index contributed by atoms with van der Waals surface area (Å²) in [4.78, 5) is 12.4. The van der Waals surface area contributed by atoms with Gasteiger partial charge >= 0.3 is 0 Å². The molecular formula is C11H15NO2S. The molecule has 0 heterocycles. The number of thioether (sulfide) groups is 1. The number of aliphatic hydroxyl groups is 1. The molecule has 0 saturated heterocycles. The van der Waals surface area contributed by atoms with Crippen molar-refractivity contribution in [2.24, 2.45) is 0 Å². The molecule has 1 atom stereocenters. The third kappa shape index (κ3) is 4.85. The molecule has 0 radical (unpaired) electrons. The number of benzene rings is 1. The standard InChI is InChI=1S/C11H15NO2S/c1-9(7-13)12-11(14)8-15-10-5-3-2-4-6-10/h2-6,9,13H,7-8H2,1H3,(H,12,14)/t9-/m0/s1. The lowest BCUT2D eigenvalue weighted by Crippen LogP contribution is -2.36. The molecule has 82 valence electrons. The molecule has 0 fully saturated rings. The van der Waals surface area contributed by atoms with Crippen molar-refractivity contribution in [2.45, 2.75) is 17.9 Å². The van der Waals surface area contributed by atoms with Crippen LogP contribution in [-0.2, 0) is 4.79 Å². The Morgan fingerprint density at radius 3 is 2.73 bits per heavy atom. The number of hydrogen-bond donors (Lipinski definition) is 2. The van der Waals surface area contributed by atoms with Crippen molar-refractivity contribution in [2.75, 3.05) is 12.4 Å². The van der Waals surface area contributed by atoms with E-state index in [1.165, 1.54) is 11.8 Å². The molecule has 3 nitrogen and oxygen atoms in total. The predicted molar refractivity (Wildman–Crippen MR) is 61.9 cm³/mol. The fourth-order valence-corrected chi connectivity index (χ4v) is 1.76. The van der Waals surface area contributed by atoms with E-state index < -0.39 is 0 Å². The van der Waals surface area contributed by atoms with Crippen molar-refractivity contribution in [3.63, 3.8) is 0 Å². The number of amides is 1. The second kappa shape index (κ2) is 6.48. The van der Waals surface area contributed by atoms with Gasteiger partial charge in [0.1, 0.15) is 0 Å². The normalized spacial score (nSPS) is 12.1. The highest BCUT2D eigenvalue weighted by Crippen LogP contribution is 2.16. The predicted octanol–water partition coefficient (Wildman–Crippen LogP) is 1.28. The molecule has 2 N–H and O–H groups in total. The maximum Gasteiger partial charge on any atom is 0.230 e. The van der Waals surface area contributed by atoms with Crippen LogP contribution in [-0.4, -0.2) is 29.4 Å². The Hall–Kier alpha value is -1.00. The first-order valence-corrected chi connectivity index (χ1v) is 5.79. The Bertz CT molecular complexity index is 303. The molecule has 0 aliphatic carbocycles. The van der Waals surface area contributed by atoms with Crippen LogP contribution in [0.1, 0.15) is 6.92 Å². The molecule has 1 aromatic carbocycles. The molecule has 1 rings (SSSR count). The fourth-order valence-electron chi connectivity index (χ4n) is 1.03. The number of carbonyl (C=O) groups is 1. The zero-order valence-electron chi connectivity index (χ0n) is 8.64. The van der Waals surface area contributed by atoms with Gasteiger partial charge in [0, 0.05) is 10.9 Å². The van der Waals surface area contributed by atoms with Gasteiger partial charge in [-0.3, -0.25) is 4.79 Å². The highest BCUT2D eigenvalue weighted by atomic mass is 32.2. The largest absolute Gasteiger partial charge is 0.394 e. The van der Waals surface area contributed by atoms with E-state index in [4.69, 9.17) is 5.11 Å². The van der Waals surface area contributed by atoms with E-state index in [1.54, 1.807) is 6.92 Å². The smallest absolute Gasteiger partial charge is 0.230 e. The van der Waals surface area contributed by atoms with Gasteiger partial charge in [0.05, 0.1) is 12.4 Å². The highest BCUT2D eigenvalue weighted by Gasteiger charge is 2.06. The molecule has 0 aliphatic heterocycles. The lowest BCUT2D eigenvalue weighted by Gasteiger charge is -2.10. The number of rotatable bonds is 5. The van der Waals surface area contributed by atoms with Crippen LogP contribution >= 0.6 is 11.8 Å². The van der Waals surface area contributed by atoms with E-state index in [9.17, 15) is 4.79 Å². The minimum atomic E-state index is -0.172. The zero-order chi connectivity index (χ0) is 11.1. The Morgan fingerprint density at radius 2 is 2.13 bits per heavy atom. The van der Waals surface area contributed by atoms with E-state index in [0.717, 1.165) is 4.90 Å². The van der Waals surface area contributed by atoms with Crippen LogP contribution < -0.4 is 5.32 Å². The van der Waals surface area contributed by atoms with Gasteiger partial charge in [-0.2, -0.15) is 0 Å². The molecule has 1 amide bonds. The summed E-state index contributed by atoms with van der Waals surface area (Å²) in [5, 5.41) is 11.4. The zero-order valence-corrected chi connectivity index (χ0v) is 9.46. The molecule has 0 bridgehead atoms. The van der Waals surface area contributed by atoms with E-state index in [-0.39, 0.29) is 18.6 Å². The summed E-state index contributed by atoms with van der Waals surface area (Å²) in [6.45, 7) is 1.74. The Balaban J connectivity index is 2.29. The van der Waals surface area contributed by atoms with Gasteiger partial charge in [-0.15, -0.1) is 11.8 Å². The summed E-state index contributed by atoms with van der Waals surface area (Å²) in [6, 6.07) is 9.58. The van der Waals surface area contributed by atoms with Crippen molar-refractivity contribution >= 4 is 17.7 Å². The molecule has 0 unspecified atom stereocenters. The van der Waals surface area contributed by atoms with E-state index in [0.29, 0.717) is 5.75 Å². The van der Waals surface area contributed by atoms with E-state index in [1.807, 2.05) is 30.3 Å². The lowest BCUT2D eigenvalue weighted by molar-refractivity contribution is -0.119. The number of hydrogen-bond acceptors (Lipinski definition) is 3. The van der Waals surface area contributed by atoms with Crippen LogP contribution in [0.3, 0.4) is 0 Å². The van der Waals surface area contributed by atoms with Gasteiger partial charge in [0.15, 0.2) is 0 Å². The molecule has 0 aromatic heterocycles. The third-order valence-electron chi connectivity index (χ3n) is 1.79. The minimum absolute atomic E-state index is 0.0260.